The summed E-state index contributed by atoms with van der Waals surface area (Å²) in [6.07, 6.45) is 7.35. The van der Waals surface area contributed by atoms with Crippen molar-refractivity contribution < 1.29 is 49.7 Å². The molecule has 0 spiro atoms. The van der Waals surface area contributed by atoms with Crippen molar-refractivity contribution in [1.82, 2.24) is 0 Å². The third-order valence-electron chi connectivity index (χ3n) is 4.05. The van der Waals surface area contributed by atoms with Gasteiger partial charge in [0.25, 0.3) is 0 Å². The summed E-state index contributed by atoms with van der Waals surface area (Å²) in [4.78, 5) is 10.4. The fraction of sp³-hybridized carbons (Fsp3) is 0.421. The van der Waals surface area contributed by atoms with Crippen LogP contribution in [0, 0.1) is 0 Å². The fourth-order valence-corrected chi connectivity index (χ4v) is 2.92. The molecule has 1 aromatic rings. The van der Waals surface area contributed by atoms with Gasteiger partial charge in [0.05, 0.1) is 12.2 Å². The van der Waals surface area contributed by atoms with Crippen LogP contribution in [-0.2, 0) is 11.2 Å². The van der Waals surface area contributed by atoms with E-state index in [4.69, 9.17) is 0 Å². The Hall–Kier alpha value is -0.910. The van der Waals surface area contributed by atoms with Gasteiger partial charge in [-0.05, 0) is 42.4 Å². The number of carboxylic acid groups (broad SMARTS) is 1. The topological polar surface area (TPSA) is 80.6 Å². The van der Waals surface area contributed by atoms with Crippen LogP contribution in [-0.4, -0.2) is 28.4 Å². The molecule has 0 bridgehead atoms. The number of aliphatic hydroxyl groups excluding tert-OH is 2. The van der Waals surface area contributed by atoms with Gasteiger partial charge in [0.1, 0.15) is 0 Å². The Morgan fingerprint density at radius 2 is 1.92 bits per heavy atom. The minimum Gasteiger partial charge on any atom is -0.550 e. The van der Waals surface area contributed by atoms with Gasteiger partial charge < -0.3 is 20.1 Å². The smallest absolute Gasteiger partial charge is 0.550 e. The van der Waals surface area contributed by atoms with Gasteiger partial charge in [0, 0.05) is 18.8 Å². The van der Waals surface area contributed by atoms with Crippen LogP contribution in [0.5, 0.6) is 0 Å². The molecule has 0 amide bonds. The van der Waals surface area contributed by atoms with Gasteiger partial charge in [-0.25, -0.2) is 0 Å². The largest absolute Gasteiger partial charge is 1.00 e. The number of aliphatic hydroxyl groups is 2. The second-order valence-corrected chi connectivity index (χ2v) is 5.97. The normalized spacial score (nSPS) is 18.5. The van der Waals surface area contributed by atoms with Gasteiger partial charge in [0.2, 0.25) is 0 Å². The number of benzene rings is 1. The van der Waals surface area contributed by atoms with E-state index in [1.165, 1.54) is 23.1 Å². The summed E-state index contributed by atoms with van der Waals surface area (Å²) in [5.41, 5.74) is 3.87. The number of aliphatic carboxylic acids is 1. The van der Waals surface area contributed by atoms with E-state index in [0.29, 0.717) is 0 Å². The quantitative estimate of drug-likeness (QED) is 0.494. The van der Waals surface area contributed by atoms with Gasteiger partial charge in [0.15, 0.2) is 0 Å². The van der Waals surface area contributed by atoms with Crippen LogP contribution in [0.2, 0.25) is 0 Å². The first kappa shape index (κ1) is 21.1. The van der Waals surface area contributed by atoms with Crippen LogP contribution in [0.4, 0.5) is 0 Å². The van der Waals surface area contributed by atoms with Crippen LogP contribution >= 0.6 is 0 Å². The SMILES string of the molecule is O=C([O-])C[C@H](O)C[C@H](O)/C=C/C=C1\CCCCc2ccccc21.[Na+]. The van der Waals surface area contributed by atoms with Gasteiger partial charge in [-0.1, -0.05) is 42.5 Å². The van der Waals surface area contributed by atoms with E-state index < -0.39 is 24.6 Å². The summed E-state index contributed by atoms with van der Waals surface area (Å²) in [7, 11) is 0. The molecule has 0 fully saturated rings. The zero-order valence-corrected chi connectivity index (χ0v) is 16.1. The number of aryl methyl sites for hydroxylation is 1. The molecular formula is C19H23NaO4. The molecule has 0 saturated heterocycles. The van der Waals surface area contributed by atoms with E-state index >= 15 is 0 Å². The predicted octanol–water partition coefficient (Wildman–Crippen LogP) is -1.39. The second-order valence-electron chi connectivity index (χ2n) is 5.97. The molecule has 5 heteroatoms. The van der Waals surface area contributed by atoms with Crippen LogP contribution in [0.3, 0.4) is 0 Å². The van der Waals surface area contributed by atoms with E-state index in [1.807, 2.05) is 12.1 Å². The zero-order chi connectivity index (χ0) is 16.7. The maximum atomic E-state index is 10.4. The van der Waals surface area contributed by atoms with E-state index in [1.54, 1.807) is 12.2 Å². The first-order chi connectivity index (χ1) is 11.1. The number of fused-ring (bicyclic) bond motifs is 1. The molecule has 24 heavy (non-hydrogen) atoms. The summed E-state index contributed by atoms with van der Waals surface area (Å²) in [5, 5.41) is 29.7. The molecule has 4 nitrogen and oxygen atoms in total. The average molecular weight is 338 g/mol. The van der Waals surface area contributed by atoms with Crippen LogP contribution < -0.4 is 34.7 Å². The van der Waals surface area contributed by atoms with E-state index in [0.717, 1.165) is 19.3 Å². The number of rotatable bonds is 6. The molecule has 0 aliphatic heterocycles. The summed E-state index contributed by atoms with van der Waals surface area (Å²) >= 11 is 0. The standard InChI is InChI=1S/C19H24O4.Na/c20-16(12-17(21)13-19(22)23)10-5-9-15-7-2-1-6-14-8-3-4-11-18(14)15;/h3-5,8-11,16-17,20-21H,1-2,6-7,12-13H2,(H,22,23);/q;+1/p-1/b10-5+,15-9+;/t16-,17-;/m1./s1. The number of carbonyl (C=O) groups is 1. The maximum Gasteiger partial charge on any atom is 1.00 e. The van der Waals surface area contributed by atoms with Crippen molar-refractivity contribution in [2.24, 2.45) is 0 Å². The molecule has 0 heterocycles. The van der Waals surface area contributed by atoms with Crippen molar-refractivity contribution in [2.75, 3.05) is 0 Å². The molecule has 1 aliphatic rings. The molecule has 124 valence electrons. The van der Waals surface area contributed by atoms with Crippen molar-refractivity contribution >= 4 is 11.5 Å². The molecule has 2 atom stereocenters. The minimum absolute atomic E-state index is 0. The maximum absolute atomic E-state index is 10.4. The summed E-state index contributed by atoms with van der Waals surface area (Å²) in [6.45, 7) is 0. The molecule has 1 aromatic carbocycles. The molecule has 0 radical (unpaired) electrons. The minimum atomic E-state index is -1.31. The Kier molecular flexibility index (Phi) is 9.56. The van der Waals surface area contributed by atoms with E-state index in [-0.39, 0.29) is 36.0 Å². The van der Waals surface area contributed by atoms with Gasteiger partial charge in [-0.15, -0.1) is 0 Å². The van der Waals surface area contributed by atoms with Gasteiger partial charge in [-0.2, -0.15) is 0 Å². The van der Waals surface area contributed by atoms with Crippen LogP contribution in [0.25, 0.3) is 5.57 Å². The average Bonchev–Trinajstić information content (AvgIpc) is 2.69. The van der Waals surface area contributed by atoms with Crippen LogP contribution in [0.15, 0.2) is 42.5 Å². The molecule has 0 aromatic heterocycles. The fourth-order valence-electron chi connectivity index (χ4n) is 2.92. The monoisotopic (exact) mass is 338 g/mol. The van der Waals surface area contributed by atoms with Crippen LogP contribution in [0.1, 0.15) is 43.2 Å². The zero-order valence-electron chi connectivity index (χ0n) is 14.1. The Balaban J connectivity index is 0.00000288. The van der Waals surface area contributed by atoms with E-state index in [2.05, 4.69) is 18.2 Å². The summed E-state index contributed by atoms with van der Waals surface area (Å²) in [6, 6.07) is 8.37. The third-order valence-corrected chi connectivity index (χ3v) is 4.05. The van der Waals surface area contributed by atoms with E-state index in [9.17, 15) is 20.1 Å². The molecule has 2 rings (SSSR count). The van der Waals surface area contributed by atoms with Crippen molar-refractivity contribution in [3.8, 4) is 0 Å². The third kappa shape index (κ3) is 6.91. The summed E-state index contributed by atoms with van der Waals surface area (Å²) < 4.78 is 0. The molecule has 0 unspecified atom stereocenters. The molecule has 0 saturated carbocycles. The number of allylic oxidation sites excluding steroid dienone is 3. The summed E-state index contributed by atoms with van der Waals surface area (Å²) in [5.74, 6) is -1.31. The Bertz CT molecular complexity index is 595. The number of hydrogen-bond acceptors (Lipinski definition) is 4. The Labute approximate surface area is 165 Å². The van der Waals surface area contributed by atoms with Crippen molar-refractivity contribution in [1.29, 1.82) is 0 Å². The Morgan fingerprint density at radius 3 is 2.67 bits per heavy atom. The molecular weight excluding hydrogens is 315 g/mol. The van der Waals surface area contributed by atoms with Gasteiger partial charge in [-0.3, -0.25) is 0 Å². The van der Waals surface area contributed by atoms with Crippen molar-refractivity contribution in [2.45, 2.75) is 50.7 Å². The first-order valence-corrected chi connectivity index (χ1v) is 8.08. The first-order valence-electron chi connectivity index (χ1n) is 8.08. The molecule has 1 aliphatic carbocycles. The predicted molar refractivity (Wildman–Crippen MR) is 87.4 cm³/mol. The second kappa shape index (κ2) is 10.9. The number of hydrogen-bond donors (Lipinski definition) is 2. The van der Waals surface area contributed by atoms with Crippen molar-refractivity contribution in [3.05, 3.63) is 53.6 Å². The number of carboxylic acids is 1. The van der Waals surface area contributed by atoms with Crippen molar-refractivity contribution in [3.63, 3.8) is 0 Å². The molecule has 2 N–H and O–H groups in total. The Morgan fingerprint density at radius 1 is 1.21 bits per heavy atom. The number of carbonyl (C=O) groups excluding carboxylic acids is 1. The van der Waals surface area contributed by atoms with Gasteiger partial charge >= 0.3 is 29.6 Å².